The number of phosphoric acid groups is 2. The third kappa shape index (κ3) is 7.14. The lowest BCUT2D eigenvalue weighted by atomic mass is 10.0. The minimum atomic E-state index is -5.65. The molecule has 0 spiro atoms. The lowest BCUT2D eigenvalue weighted by Crippen LogP contribution is -2.50. The van der Waals surface area contributed by atoms with Crippen LogP contribution in [0.4, 0.5) is 0 Å². The van der Waals surface area contributed by atoms with Gasteiger partial charge in [0, 0.05) is 24.6 Å². The zero-order valence-electron chi connectivity index (χ0n) is 18.1. The lowest BCUT2D eigenvalue weighted by molar-refractivity contribution is -0.278. The fourth-order valence-corrected chi connectivity index (χ4v) is 5.52. The molecule has 0 aliphatic carbocycles. The number of H-pyrrole nitrogens is 1. The van der Waals surface area contributed by atoms with Crippen LogP contribution in [0, 0.1) is 6.92 Å². The van der Waals surface area contributed by atoms with E-state index < -0.39 is 89.6 Å². The van der Waals surface area contributed by atoms with E-state index in [0.717, 1.165) is 4.57 Å². The van der Waals surface area contributed by atoms with Crippen molar-refractivity contribution >= 4 is 15.6 Å². The summed E-state index contributed by atoms with van der Waals surface area (Å²) in [7, 11) is -11.3. The summed E-state index contributed by atoms with van der Waals surface area (Å²) in [4.78, 5) is 49.5. The van der Waals surface area contributed by atoms with E-state index >= 15 is 0 Å². The highest BCUT2D eigenvalue weighted by atomic mass is 31.3. The Labute approximate surface area is 196 Å². The number of aromatic amines is 1. The minimum Gasteiger partial charge on any atom is -0.756 e. The summed E-state index contributed by atoms with van der Waals surface area (Å²) in [6, 6.07) is 0. The molecule has 1 aromatic rings. The summed E-state index contributed by atoms with van der Waals surface area (Å²) >= 11 is 0. The Morgan fingerprint density at radius 3 is 2.46 bits per heavy atom. The summed E-state index contributed by atoms with van der Waals surface area (Å²) in [5.41, 5.74) is -1.26. The Morgan fingerprint density at radius 1 is 1.11 bits per heavy atom. The first-order valence-corrected chi connectivity index (χ1v) is 13.1. The number of aromatic nitrogens is 2. The van der Waals surface area contributed by atoms with Crippen LogP contribution in [-0.4, -0.2) is 80.0 Å². The smallest absolute Gasteiger partial charge is 0.330 e. The van der Waals surface area contributed by atoms with Gasteiger partial charge in [0.1, 0.15) is 24.5 Å². The number of nitrogens with one attached hydrogen (secondary N) is 1. The number of aryl methyl sites for hydroxylation is 1. The maximum atomic E-state index is 12.0. The molecule has 0 bridgehead atoms. The van der Waals surface area contributed by atoms with Crippen molar-refractivity contribution in [3.05, 3.63) is 32.6 Å². The van der Waals surface area contributed by atoms with E-state index in [1.807, 2.05) is 0 Å². The van der Waals surface area contributed by atoms with Crippen molar-refractivity contribution in [1.29, 1.82) is 0 Å². The third-order valence-corrected chi connectivity index (χ3v) is 7.78. The van der Waals surface area contributed by atoms with Crippen molar-refractivity contribution in [2.75, 3.05) is 13.2 Å². The van der Waals surface area contributed by atoms with Crippen LogP contribution >= 0.6 is 15.6 Å². The normalized spacial score (nSPS) is 34.9. The molecule has 0 saturated carbocycles. The molecule has 0 amide bonds. The van der Waals surface area contributed by atoms with E-state index in [1.165, 1.54) is 13.1 Å². The number of nitrogens with zero attached hydrogens (tertiary/aromatic N) is 1. The first-order chi connectivity index (χ1) is 16.2. The van der Waals surface area contributed by atoms with Gasteiger partial charge in [-0.15, -0.1) is 0 Å². The molecule has 1 aromatic heterocycles. The van der Waals surface area contributed by atoms with Gasteiger partial charge in [-0.25, -0.2) is 9.11 Å². The highest BCUT2D eigenvalue weighted by molar-refractivity contribution is 7.59. The molecular formula is C16H24N2O15P2-2. The van der Waals surface area contributed by atoms with E-state index in [2.05, 4.69) is 18.3 Å². The largest absolute Gasteiger partial charge is 0.756 e. The van der Waals surface area contributed by atoms with Gasteiger partial charge in [0.05, 0.1) is 25.4 Å². The van der Waals surface area contributed by atoms with E-state index in [-0.39, 0.29) is 12.0 Å². The molecule has 2 fully saturated rings. The Balaban J connectivity index is 1.57. The quantitative estimate of drug-likeness (QED) is 0.187. The van der Waals surface area contributed by atoms with Crippen molar-refractivity contribution in [2.45, 2.75) is 62.8 Å². The average Bonchev–Trinajstić information content (AvgIpc) is 3.11. The van der Waals surface area contributed by atoms with E-state index in [9.17, 15) is 43.8 Å². The molecular weight excluding hydrogens is 522 g/mol. The number of aliphatic hydroxyl groups is 4. The highest BCUT2D eigenvalue weighted by Crippen LogP contribution is 2.57. The molecule has 35 heavy (non-hydrogen) atoms. The summed E-state index contributed by atoms with van der Waals surface area (Å²) in [6.07, 6.45) is -9.51. The fraction of sp³-hybridized carbons (Fsp3) is 0.750. The monoisotopic (exact) mass is 546 g/mol. The molecule has 19 heteroatoms. The number of ether oxygens (including phenoxy) is 2. The second-order valence-corrected chi connectivity index (χ2v) is 10.8. The van der Waals surface area contributed by atoms with Crippen LogP contribution in [0.25, 0.3) is 0 Å². The van der Waals surface area contributed by atoms with Gasteiger partial charge >= 0.3 is 5.69 Å². The molecule has 2 aliphatic heterocycles. The zero-order valence-corrected chi connectivity index (χ0v) is 19.9. The fourth-order valence-electron chi connectivity index (χ4n) is 3.44. The van der Waals surface area contributed by atoms with Crippen molar-refractivity contribution in [3.8, 4) is 0 Å². The second kappa shape index (κ2) is 11.0. The molecule has 3 heterocycles. The molecule has 17 nitrogen and oxygen atoms in total. The molecule has 2 aliphatic rings. The Bertz CT molecular complexity index is 1110. The van der Waals surface area contributed by atoms with Crippen LogP contribution in [0.5, 0.6) is 0 Å². The van der Waals surface area contributed by atoms with Gasteiger partial charge in [0.25, 0.3) is 21.2 Å². The van der Waals surface area contributed by atoms with E-state index in [0.29, 0.717) is 0 Å². The van der Waals surface area contributed by atoms with Gasteiger partial charge in [0.15, 0.2) is 6.29 Å². The molecule has 200 valence electrons. The van der Waals surface area contributed by atoms with Gasteiger partial charge in [-0.1, -0.05) is 0 Å². The zero-order chi connectivity index (χ0) is 26.1. The second-order valence-electron chi connectivity index (χ2n) is 7.87. The van der Waals surface area contributed by atoms with E-state index in [4.69, 9.17) is 14.6 Å². The molecule has 0 radical (unpaired) electrons. The molecule has 2 saturated heterocycles. The maximum absolute atomic E-state index is 12.0. The van der Waals surface area contributed by atoms with Crippen LogP contribution < -0.4 is 21.0 Å². The Hall–Kier alpha value is -1.30. The molecule has 0 aromatic carbocycles. The van der Waals surface area contributed by atoms with Crippen LogP contribution in [0.15, 0.2) is 15.8 Å². The van der Waals surface area contributed by atoms with Gasteiger partial charge in [0.2, 0.25) is 0 Å². The molecule has 3 rings (SSSR count). The predicted octanol–water partition coefficient (Wildman–Crippen LogP) is -3.69. The first-order valence-electron chi connectivity index (χ1n) is 10.2. The topological polar surface area (TPSA) is 262 Å². The standard InChI is InChI=1S/C16H26N2O15P2/c1-7-4-18(16(24)17-15(7)23)12-2-8(20)11(30-12)6-29-34(25,26)33-35(27,28)32-13-3-9(21)14(22)10(5-19)31-13/h4,8-14,19-22H,2-3,5-6H2,1H3,(H,25,26)(H,27,28)(H,17,23,24)/p-2/t8-,9+,10+,11+,12+,13+,14-/m0/s1. The van der Waals surface area contributed by atoms with E-state index in [1.54, 1.807) is 0 Å². The number of rotatable bonds is 9. The van der Waals surface area contributed by atoms with Crippen LogP contribution in [0.2, 0.25) is 0 Å². The van der Waals surface area contributed by atoms with Crippen LogP contribution in [-0.2, 0) is 32.0 Å². The first kappa shape index (κ1) is 28.3. The molecule has 5 N–H and O–H groups in total. The van der Waals surface area contributed by atoms with Gasteiger partial charge < -0.3 is 44.2 Å². The number of aliphatic hydroxyl groups excluding tert-OH is 4. The highest BCUT2D eigenvalue weighted by Gasteiger charge is 2.40. The predicted molar refractivity (Wildman–Crippen MR) is 106 cm³/mol. The Morgan fingerprint density at radius 2 is 1.80 bits per heavy atom. The minimum absolute atomic E-state index is 0.175. The number of hydrogen-bond acceptors (Lipinski definition) is 15. The summed E-state index contributed by atoms with van der Waals surface area (Å²) in [5.74, 6) is 0. The van der Waals surface area contributed by atoms with Crippen LogP contribution in [0.3, 0.4) is 0 Å². The number of phosphoric ester groups is 2. The summed E-state index contributed by atoms with van der Waals surface area (Å²) in [5, 5.41) is 38.5. The van der Waals surface area contributed by atoms with Gasteiger partial charge in [-0.2, -0.15) is 0 Å². The van der Waals surface area contributed by atoms with Gasteiger partial charge in [-0.05, 0) is 6.92 Å². The van der Waals surface area contributed by atoms with Crippen molar-refractivity contribution in [3.63, 3.8) is 0 Å². The summed E-state index contributed by atoms with van der Waals surface area (Å²) < 4.78 is 48.2. The maximum Gasteiger partial charge on any atom is 0.330 e. The number of hydrogen-bond donors (Lipinski definition) is 5. The average molecular weight is 546 g/mol. The van der Waals surface area contributed by atoms with Crippen molar-refractivity contribution in [1.82, 2.24) is 9.55 Å². The summed E-state index contributed by atoms with van der Waals surface area (Å²) in [6.45, 7) is -0.256. The van der Waals surface area contributed by atoms with Crippen molar-refractivity contribution in [2.24, 2.45) is 0 Å². The molecule has 2 unspecified atom stereocenters. The SMILES string of the molecule is Cc1cn([C@H]2C[C@H](O)[C@@H](COP(=O)([O-])OP(=O)([O-])O[C@@H]3C[C@@H](O)[C@H](O)[C@@H](CO)O3)O2)c(=O)[nH]c1=O. The van der Waals surface area contributed by atoms with Crippen LogP contribution in [0.1, 0.15) is 24.6 Å². The van der Waals surface area contributed by atoms with Gasteiger partial charge in [-0.3, -0.25) is 28.0 Å². The Kier molecular flexibility index (Phi) is 8.87. The lowest BCUT2D eigenvalue weighted by Gasteiger charge is -2.39. The molecule has 9 atom stereocenters. The third-order valence-electron chi connectivity index (χ3n) is 5.22. The van der Waals surface area contributed by atoms with Crippen molar-refractivity contribution < 1.29 is 62.2 Å².